The predicted molar refractivity (Wildman–Crippen MR) is 76.0 cm³/mol. The first-order valence-electron chi connectivity index (χ1n) is 6.13. The number of nitrogens with one attached hydrogen (secondary N) is 1. The number of anilines is 1. The minimum atomic E-state index is -0.115. The van der Waals surface area contributed by atoms with E-state index in [2.05, 4.69) is 10.3 Å². The van der Waals surface area contributed by atoms with E-state index in [-0.39, 0.29) is 5.91 Å². The monoisotopic (exact) mass is 255 g/mol. The molecular weight excluding hydrogens is 238 g/mol. The van der Waals surface area contributed by atoms with E-state index < -0.39 is 0 Å². The molecule has 1 heterocycles. The number of carbonyl (C=O) groups is 1. The molecule has 0 saturated heterocycles. The van der Waals surface area contributed by atoms with Crippen LogP contribution in [-0.4, -0.2) is 10.9 Å². The first-order chi connectivity index (χ1) is 9.11. The second-order valence-corrected chi connectivity index (χ2v) is 4.49. The van der Waals surface area contributed by atoms with Crippen molar-refractivity contribution in [1.82, 2.24) is 4.98 Å². The molecule has 0 aliphatic heterocycles. The number of benzene rings is 1. The minimum Gasteiger partial charge on any atom is -0.326 e. The summed E-state index contributed by atoms with van der Waals surface area (Å²) in [6.07, 6.45) is 3.29. The summed E-state index contributed by atoms with van der Waals surface area (Å²) in [7, 11) is 0. The van der Waals surface area contributed by atoms with Crippen molar-refractivity contribution in [3.8, 4) is 0 Å². The molecule has 19 heavy (non-hydrogen) atoms. The van der Waals surface area contributed by atoms with Crippen molar-refractivity contribution in [2.24, 2.45) is 5.73 Å². The molecule has 0 spiro atoms. The van der Waals surface area contributed by atoms with Gasteiger partial charge in [0.1, 0.15) is 0 Å². The Morgan fingerprint density at radius 1 is 1.21 bits per heavy atom. The van der Waals surface area contributed by atoms with Crippen LogP contribution in [0.1, 0.15) is 27.0 Å². The van der Waals surface area contributed by atoms with Gasteiger partial charge in [-0.05, 0) is 48.7 Å². The fourth-order valence-corrected chi connectivity index (χ4v) is 1.97. The van der Waals surface area contributed by atoms with Crippen molar-refractivity contribution in [3.63, 3.8) is 0 Å². The van der Waals surface area contributed by atoms with E-state index in [9.17, 15) is 4.79 Å². The van der Waals surface area contributed by atoms with E-state index in [4.69, 9.17) is 5.73 Å². The Morgan fingerprint density at radius 3 is 2.53 bits per heavy atom. The Hall–Kier alpha value is -2.20. The summed E-state index contributed by atoms with van der Waals surface area (Å²) >= 11 is 0. The summed E-state index contributed by atoms with van der Waals surface area (Å²) in [5.41, 5.74) is 10.1. The molecule has 98 valence electrons. The summed E-state index contributed by atoms with van der Waals surface area (Å²) in [6, 6.07) is 7.37. The van der Waals surface area contributed by atoms with Crippen molar-refractivity contribution in [3.05, 3.63) is 58.9 Å². The fraction of sp³-hybridized carbons (Fsp3) is 0.200. The summed E-state index contributed by atoms with van der Waals surface area (Å²) < 4.78 is 0. The van der Waals surface area contributed by atoms with Gasteiger partial charge in [0, 0.05) is 30.2 Å². The van der Waals surface area contributed by atoms with Crippen LogP contribution in [-0.2, 0) is 6.54 Å². The van der Waals surface area contributed by atoms with E-state index in [1.54, 1.807) is 24.5 Å². The molecule has 0 radical (unpaired) electrons. The average Bonchev–Trinajstić information content (AvgIpc) is 2.42. The number of pyridine rings is 1. The van der Waals surface area contributed by atoms with Crippen molar-refractivity contribution in [1.29, 1.82) is 0 Å². The molecule has 0 fully saturated rings. The molecule has 0 unspecified atom stereocenters. The largest absolute Gasteiger partial charge is 0.326 e. The molecule has 0 saturated carbocycles. The van der Waals surface area contributed by atoms with Gasteiger partial charge in [0.05, 0.1) is 0 Å². The Balaban J connectivity index is 2.27. The van der Waals surface area contributed by atoms with Crippen LogP contribution >= 0.6 is 0 Å². The maximum atomic E-state index is 12.2. The highest BCUT2D eigenvalue weighted by Gasteiger charge is 2.11. The van der Waals surface area contributed by atoms with Gasteiger partial charge < -0.3 is 11.1 Å². The lowest BCUT2D eigenvalue weighted by Gasteiger charge is -2.11. The Morgan fingerprint density at radius 2 is 1.89 bits per heavy atom. The molecule has 1 aromatic carbocycles. The van der Waals surface area contributed by atoms with E-state index in [1.165, 1.54) is 0 Å². The summed E-state index contributed by atoms with van der Waals surface area (Å²) in [5, 5.41) is 2.85. The number of nitrogens with two attached hydrogens (primary N) is 1. The van der Waals surface area contributed by atoms with Crippen LogP contribution in [0, 0.1) is 13.8 Å². The average molecular weight is 255 g/mol. The standard InChI is InChI=1S/C15H17N3O/c1-10-8-14(11(2)7-12(10)9-16)15(19)18-13-3-5-17-6-4-13/h3-8H,9,16H2,1-2H3,(H,17,18,19). The molecule has 2 rings (SSSR count). The fourth-order valence-electron chi connectivity index (χ4n) is 1.97. The van der Waals surface area contributed by atoms with Crippen LogP contribution in [0.5, 0.6) is 0 Å². The summed E-state index contributed by atoms with van der Waals surface area (Å²) in [6.45, 7) is 4.36. The molecule has 4 heteroatoms. The van der Waals surface area contributed by atoms with Gasteiger partial charge in [0.2, 0.25) is 0 Å². The third kappa shape index (κ3) is 2.98. The number of hydrogen-bond donors (Lipinski definition) is 2. The molecule has 0 bridgehead atoms. The number of rotatable bonds is 3. The number of carbonyl (C=O) groups excluding carboxylic acids is 1. The van der Waals surface area contributed by atoms with Crippen molar-refractivity contribution < 1.29 is 4.79 Å². The quantitative estimate of drug-likeness (QED) is 0.885. The van der Waals surface area contributed by atoms with Crippen molar-refractivity contribution in [2.75, 3.05) is 5.32 Å². The van der Waals surface area contributed by atoms with Crippen LogP contribution in [0.25, 0.3) is 0 Å². The lowest BCUT2D eigenvalue weighted by Crippen LogP contribution is -2.14. The number of nitrogens with zero attached hydrogens (tertiary/aromatic N) is 1. The zero-order valence-electron chi connectivity index (χ0n) is 11.1. The van der Waals surface area contributed by atoms with Crippen LogP contribution in [0.3, 0.4) is 0 Å². The molecule has 0 aliphatic carbocycles. The van der Waals surface area contributed by atoms with Gasteiger partial charge in [-0.25, -0.2) is 0 Å². The summed E-state index contributed by atoms with van der Waals surface area (Å²) in [4.78, 5) is 16.1. The number of aryl methyl sites for hydroxylation is 2. The first-order valence-corrected chi connectivity index (χ1v) is 6.13. The zero-order chi connectivity index (χ0) is 13.8. The normalized spacial score (nSPS) is 10.3. The van der Waals surface area contributed by atoms with Crippen LogP contribution in [0.4, 0.5) is 5.69 Å². The van der Waals surface area contributed by atoms with Gasteiger partial charge >= 0.3 is 0 Å². The van der Waals surface area contributed by atoms with E-state index in [1.807, 2.05) is 26.0 Å². The maximum Gasteiger partial charge on any atom is 0.255 e. The third-order valence-corrected chi connectivity index (χ3v) is 3.09. The molecule has 4 nitrogen and oxygen atoms in total. The van der Waals surface area contributed by atoms with E-state index >= 15 is 0 Å². The van der Waals surface area contributed by atoms with Gasteiger partial charge in [0.25, 0.3) is 5.91 Å². The Kier molecular flexibility index (Phi) is 3.92. The van der Waals surface area contributed by atoms with E-state index in [0.717, 1.165) is 22.4 Å². The molecule has 3 N–H and O–H groups in total. The highest BCUT2D eigenvalue weighted by atomic mass is 16.1. The van der Waals surface area contributed by atoms with Gasteiger partial charge in [0.15, 0.2) is 0 Å². The zero-order valence-corrected chi connectivity index (χ0v) is 11.1. The number of aromatic nitrogens is 1. The Bertz CT molecular complexity index is 594. The highest BCUT2D eigenvalue weighted by Crippen LogP contribution is 2.17. The van der Waals surface area contributed by atoms with Crippen molar-refractivity contribution >= 4 is 11.6 Å². The lowest BCUT2D eigenvalue weighted by atomic mass is 9.99. The van der Waals surface area contributed by atoms with Crippen molar-refractivity contribution in [2.45, 2.75) is 20.4 Å². The van der Waals surface area contributed by atoms with Gasteiger partial charge in [-0.3, -0.25) is 9.78 Å². The minimum absolute atomic E-state index is 0.115. The second-order valence-electron chi connectivity index (χ2n) is 4.49. The van der Waals surface area contributed by atoms with Gasteiger partial charge in [-0.2, -0.15) is 0 Å². The van der Waals surface area contributed by atoms with Crippen LogP contribution in [0.2, 0.25) is 0 Å². The first kappa shape index (κ1) is 13.2. The molecule has 0 atom stereocenters. The molecular formula is C15H17N3O. The van der Waals surface area contributed by atoms with E-state index in [0.29, 0.717) is 12.1 Å². The second kappa shape index (κ2) is 5.63. The third-order valence-electron chi connectivity index (χ3n) is 3.09. The van der Waals surface area contributed by atoms with Crippen LogP contribution in [0.15, 0.2) is 36.7 Å². The SMILES string of the molecule is Cc1cc(C(=O)Nc2ccncc2)c(C)cc1CN. The molecule has 1 amide bonds. The predicted octanol–water partition coefficient (Wildman–Crippen LogP) is 2.41. The smallest absolute Gasteiger partial charge is 0.255 e. The topological polar surface area (TPSA) is 68.0 Å². The lowest BCUT2D eigenvalue weighted by molar-refractivity contribution is 0.102. The van der Waals surface area contributed by atoms with Crippen LogP contribution < -0.4 is 11.1 Å². The molecule has 2 aromatic rings. The Labute approximate surface area is 112 Å². The number of hydrogen-bond acceptors (Lipinski definition) is 3. The summed E-state index contributed by atoms with van der Waals surface area (Å²) in [5.74, 6) is -0.115. The van der Waals surface area contributed by atoms with Gasteiger partial charge in [-0.15, -0.1) is 0 Å². The molecule has 0 aliphatic rings. The highest BCUT2D eigenvalue weighted by molar-refractivity contribution is 6.05. The maximum absolute atomic E-state index is 12.2. The van der Waals surface area contributed by atoms with Gasteiger partial charge in [-0.1, -0.05) is 6.07 Å². The molecule has 1 aromatic heterocycles. The number of amides is 1.